The van der Waals surface area contributed by atoms with E-state index in [1.165, 1.54) is 11.8 Å². The predicted molar refractivity (Wildman–Crippen MR) is 165 cm³/mol. The van der Waals surface area contributed by atoms with Crippen LogP contribution in [0.1, 0.15) is 55.7 Å². The van der Waals surface area contributed by atoms with Crippen molar-refractivity contribution in [3.05, 3.63) is 64.3 Å². The van der Waals surface area contributed by atoms with Crippen molar-refractivity contribution in [1.82, 2.24) is 15.1 Å². The van der Waals surface area contributed by atoms with E-state index in [1.54, 1.807) is 29.9 Å². The second kappa shape index (κ2) is 12.6. The molecule has 3 heterocycles. The fourth-order valence-electron chi connectivity index (χ4n) is 5.39. The first-order valence-electron chi connectivity index (χ1n) is 14.0. The van der Waals surface area contributed by atoms with Gasteiger partial charge in [-0.05, 0) is 43.2 Å². The first-order chi connectivity index (χ1) is 20.1. The first-order valence-corrected chi connectivity index (χ1v) is 15.5. The molecule has 42 heavy (non-hydrogen) atoms. The van der Waals surface area contributed by atoms with Gasteiger partial charge < -0.3 is 19.5 Å². The van der Waals surface area contributed by atoms with Gasteiger partial charge in [-0.15, -0.1) is 11.8 Å². The third-order valence-electron chi connectivity index (χ3n) is 7.45. The summed E-state index contributed by atoms with van der Waals surface area (Å²) in [4.78, 5) is 28.8. The Morgan fingerprint density at radius 3 is 2.64 bits per heavy atom. The Kier molecular flexibility index (Phi) is 9.05. The van der Waals surface area contributed by atoms with E-state index in [9.17, 15) is 9.59 Å². The summed E-state index contributed by atoms with van der Waals surface area (Å²) in [7, 11) is 3.25. The van der Waals surface area contributed by atoms with Gasteiger partial charge in [0.05, 0.1) is 47.7 Å². The molecule has 2 aromatic carbocycles. The average Bonchev–Trinajstić information content (AvgIpc) is 3.61. The zero-order valence-corrected chi connectivity index (χ0v) is 26.2. The molecule has 1 fully saturated rings. The highest BCUT2D eigenvalue weighted by molar-refractivity contribution is 8.00. The van der Waals surface area contributed by atoms with Crippen molar-refractivity contribution in [2.45, 2.75) is 50.4 Å². The summed E-state index contributed by atoms with van der Waals surface area (Å²) in [5.41, 5.74) is 2.68. The number of nitrogens with one attached hydrogen (secondary N) is 1. The van der Waals surface area contributed by atoms with Gasteiger partial charge in [-0.25, -0.2) is 4.68 Å². The molecule has 2 aliphatic rings. The van der Waals surface area contributed by atoms with Crippen LogP contribution in [0.4, 0.5) is 5.82 Å². The highest BCUT2D eigenvalue weighted by Crippen LogP contribution is 2.51. The summed E-state index contributed by atoms with van der Waals surface area (Å²) in [6.45, 7) is 7.20. The molecule has 9 nitrogen and oxygen atoms in total. The van der Waals surface area contributed by atoms with Crippen molar-refractivity contribution in [3.8, 4) is 17.2 Å². The number of amides is 2. The fourth-order valence-corrected chi connectivity index (χ4v) is 6.82. The molecule has 1 N–H and O–H groups in total. The Bertz CT molecular complexity index is 1460. The molecule has 2 atom stereocenters. The number of hydrogen-bond donors (Lipinski definition) is 1. The molecule has 224 valence electrons. The lowest BCUT2D eigenvalue weighted by atomic mass is 9.87. The Hall–Kier alpha value is -3.21. The molecule has 11 heteroatoms. The van der Waals surface area contributed by atoms with E-state index in [2.05, 4.69) is 26.1 Å². The minimum atomic E-state index is -0.414. The zero-order valence-electron chi connectivity index (χ0n) is 24.6. The Morgan fingerprint density at radius 1 is 1.19 bits per heavy atom. The van der Waals surface area contributed by atoms with E-state index in [0.717, 1.165) is 29.7 Å². The number of halogens is 1. The van der Waals surface area contributed by atoms with Crippen LogP contribution in [0, 0.1) is 0 Å². The van der Waals surface area contributed by atoms with Crippen LogP contribution in [-0.2, 0) is 19.7 Å². The quantitative estimate of drug-likeness (QED) is 0.369. The number of rotatable bonds is 8. The minimum absolute atomic E-state index is 0.00838. The Balaban J connectivity index is 1.70. The average molecular weight is 613 g/mol. The van der Waals surface area contributed by atoms with Gasteiger partial charge in [0.15, 0.2) is 0 Å². The lowest BCUT2D eigenvalue weighted by Crippen LogP contribution is -2.44. The number of para-hydroxylation sites is 1. The molecule has 2 aliphatic heterocycles. The summed E-state index contributed by atoms with van der Waals surface area (Å²) in [5, 5.41) is 8.21. The SMILES string of the molecule is COc1ccc(OC)c([C@@H]2SCC(=O)N(CC(=O)NC[C@H]3CCCO3)c3c2c(C(C)(C)C)nn3-c2ccccc2Cl)c1. The number of ether oxygens (including phenoxy) is 3. The summed E-state index contributed by atoms with van der Waals surface area (Å²) in [6, 6.07) is 13.0. The van der Waals surface area contributed by atoms with Gasteiger partial charge in [-0.3, -0.25) is 14.5 Å². The molecule has 3 aromatic rings. The standard InChI is InChI=1S/C31H37ClN4O5S/c1-31(2,3)29-27-28(21-15-19(39-4)12-13-24(21)40-5)42-18-26(38)35(17-25(37)33-16-20-9-8-14-41-20)30(27)36(34-29)23-11-7-6-10-22(23)32/h6-7,10-13,15,20,28H,8-9,14,16-18H2,1-5H3,(H,33,37)/t20-,28+/m1/s1. The molecular formula is C31H37ClN4O5S. The second-order valence-electron chi connectivity index (χ2n) is 11.4. The monoisotopic (exact) mass is 612 g/mol. The van der Waals surface area contributed by atoms with Crippen LogP contribution in [0.5, 0.6) is 11.5 Å². The lowest BCUT2D eigenvalue weighted by Gasteiger charge is -2.25. The third-order valence-corrected chi connectivity index (χ3v) is 9.01. The maximum atomic E-state index is 13.9. The van der Waals surface area contributed by atoms with E-state index in [4.69, 9.17) is 30.9 Å². The van der Waals surface area contributed by atoms with Gasteiger partial charge in [0.25, 0.3) is 0 Å². The number of benzene rings is 2. The summed E-state index contributed by atoms with van der Waals surface area (Å²) < 4.78 is 18.8. The molecule has 0 radical (unpaired) electrons. The van der Waals surface area contributed by atoms with E-state index >= 15 is 0 Å². The van der Waals surface area contributed by atoms with Gasteiger partial charge >= 0.3 is 0 Å². The van der Waals surface area contributed by atoms with Crippen molar-refractivity contribution >= 4 is 41.0 Å². The topological polar surface area (TPSA) is 94.9 Å². The number of aromatic nitrogens is 2. The van der Waals surface area contributed by atoms with Crippen LogP contribution in [0.3, 0.4) is 0 Å². The number of thioether (sulfide) groups is 1. The number of carbonyl (C=O) groups is 2. The van der Waals surface area contributed by atoms with Crippen LogP contribution >= 0.6 is 23.4 Å². The molecule has 1 saturated heterocycles. The molecule has 0 saturated carbocycles. The number of carbonyl (C=O) groups excluding carboxylic acids is 2. The van der Waals surface area contributed by atoms with Crippen LogP contribution in [0.2, 0.25) is 5.02 Å². The maximum Gasteiger partial charge on any atom is 0.240 e. The molecule has 0 spiro atoms. The van der Waals surface area contributed by atoms with Gasteiger partial charge in [-0.1, -0.05) is 44.5 Å². The van der Waals surface area contributed by atoms with Crippen molar-refractivity contribution in [1.29, 1.82) is 0 Å². The van der Waals surface area contributed by atoms with E-state index in [1.807, 2.05) is 36.4 Å². The van der Waals surface area contributed by atoms with Crippen LogP contribution < -0.4 is 19.7 Å². The normalized spacial score (nSPS) is 18.9. The largest absolute Gasteiger partial charge is 0.497 e. The van der Waals surface area contributed by atoms with E-state index in [-0.39, 0.29) is 35.5 Å². The number of anilines is 1. The molecule has 0 aliphatic carbocycles. The first kappa shape index (κ1) is 30.3. The number of nitrogens with zero attached hydrogens (tertiary/aromatic N) is 3. The highest BCUT2D eigenvalue weighted by atomic mass is 35.5. The molecule has 0 bridgehead atoms. The summed E-state index contributed by atoms with van der Waals surface area (Å²) in [5.74, 6) is 1.53. The lowest BCUT2D eigenvalue weighted by molar-refractivity contribution is -0.123. The number of methoxy groups -OCH3 is 2. The smallest absolute Gasteiger partial charge is 0.240 e. The van der Waals surface area contributed by atoms with Gasteiger partial charge in [-0.2, -0.15) is 5.10 Å². The Morgan fingerprint density at radius 2 is 1.98 bits per heavy atom. The van der Waals surface area contributed by atoms with Crippen LogP contribution in [-0.4, -0.2) is 67.4 Å². The van der Waals surface area contributed by atoms with E-state index in [0.29, 0.717) is 41.2 Å². The van der Waals surface area contributed by atoms with Gasteiger partial charge in [0.1, 0.15) is 23.9 Å². The van der Waals surface area contributed by atoms with Gasteiger partial charge in [0, 0.05) is 29.7 Å². The zero-order chi connectivity index (χ0) is 30.0. The van der Waals surface area contributed by atoms with Crippen molar-refractivity contribution in [3.63, 3.8) is 0 Å². The molecular weight excluding hydrogens is 576 g/mol. The predicted octanol–water partition coefficient (Wildman–Crippen LogP) is 5.30. The van der Waals surface area contributed by atoms with Crippen molar-refractivity contribution in [2.24, 2.45) is 0 Å². The highest BCUT2D eigenvalue weighted by Gasteiger charge is 2.41. The third kappa shape index (κ3) is 6.11. The van der Waals surface area contributed by atoms with Gasteiger partial charge in [0.2, 0.25) is 11.8 Å². The fraction of sp³-hybridized carbons (Fsp3) is 0.452. The van der Waals surface area contributed by atoms with Crippen molar-refractivity contribution in [2.75, 3.05) is 44.6 Å². The number of fused-ring (bicyclic) bond motifs is 1. The summed E-state index contributed by atoms with van der Waals surface area (Å²) in [6.07, 6.45) is 1.88. The Labute approximate surface area is 255 Å². The maximum absolute atomic E-state index is 13.9. The number of hydrogen-bond acceptors (Lipinski definition) is 7. The van der Waals surface area contributed by atoms with Crippen LogP contribution in [0.15, 0.2) is 42.5 Å². The summed E-state index contributed by atoms with van der Waals surface area (Å²) >= 11 is 8.20. The van der Waals surface area contributed by atoms with Crippen LogP contribution in [0.25, 0.3) is 5.69 Å². The molecule has 1 aromatic heterocycles. The molecule has 2 amide bonds. The molecule has 5 rings (SSSR count). The van der Waals surface area contributed by atoms with Crippen molar-refractivity contribution < 1.29 is 23.8 Å². The molecule has 0 unspecified atom stereocenters. The second-order valence-corrected chi connectivity index (χ2v) is 12.9. The van der Waals surface area contributed by atoms with E-state index < -0.39 is 5.41 Å². The minimum Gasteiger partial charge on any atom is -0.497 e.